The third-order valence-corrected chi connectivity index (χ3v) is 7.26. The summed E-state index contributed by atoms with van der Waals surface area (Å²) in [6, 6.07) is 20.7. The Hall–Kier alpha value is -3.27. The number of fused-ring (bicyclic) bond motifs is 1. The molecule has 0 radical (unpaired) electrons. The van der Waals surface area contributed by atoms with Crippen molar-refractivity contribution in [3.8, 4) is 0 Å². The van der Waals surface area contributed by atoms with Crippen LogP contribution in [0.2, 0.25) is 0 Å². The van der Waals surface area contributed by atoms with Crippen molar-refractivity contribution >= 4 is 32.6 Å². The van der Waals surface area contributed by atoms with E-state index in [2.05, 4.69) is 4.90 Å². The first-order valence-corrected chi connectivity index (χ1v) is 11.9. The lowest BCUT2D eigenvalue weighted by molar-refractivity contribution is -0.134. The molecule has 8 nitrogen and oxygen atoms in total. The number of nitrogen functional groups attached to an aromatic ring is 1. The second-order valence-electron chi connectivity index (χ2n) is 7.82. The molecule has 33 heavy (non-hydrogen) atoms. The molecule has 0 bridgehead atoms. The average Bonchev–Trinajstić information content (AvgIpc) is 2.79. The Balaban J connectivity index is 0.000000709. The fourth-order valence-corrected chi connectivity index (χ4v) is 5.11. The summed E-state index contributed by atoms with van der Waals surface area (Å²) in [5.41, 5.74) is 7.33. The highest BCUT2D eigenvalue weighted by atomic mass is 32.2. The van der Waals surface area contributed by atoms with Gasteiger partial charge in [0.15, 0.2) is 0 Å². The van der Waals surface area contributed by atoms with E-state index in [4.69, 9.17) is 21.0 Å². The largest absolute Gasteiger partial charge is 0.481 e. The number of hydrogen-bond acceptors (Lipinski definition) is 5. The van der Waals surface area contributed by atoms with Gasteiger partial charge >= 0.3 is 0 Å². The molecular formula is C24H28N4O4S. The van der Waals surface area contributed by atoms with Gasteiger partial charge in [0.1, 0.15) is 5.84 Å². The maximum atomic E-state index is 13.1. The number of nitrogens with two attached hydrogens (primary N) is 1. The topological polar surface area (TPSA) is 128 Å². The van der Waals surface area contributed by atoms with Crippen LogP contribution in [0.4, 0.5) is 0 Å². The summed E-state index contributed by atoms with van der Waals surface area (Å²) in [5, 5.41) is 16.8. The number of carboxylic acids is 1. The van der Waals surface area contributed by atoms with Crippen LogP contribution in [0.15, 0.2) is 71.6 Å². The maximum Gasteiger partial charge on any atom is 0.300 e. The molecule has 0 saturated carbocycles. The number of carboxylic acid groups (broad SMARTS) is 1. The molecule has 1 saturated heterocycles. The standard InChI is InChI=1S/C22H24N4O2S.C2H4O2/c23-22(24)19-7-5-17(6-8-19)16-25-11-13-26(14-12-25)29(27,28)21-10-9-18-3-1-2-4-20(18)15-21;1-2(3)4/h1-10,15H,11-14,16H2,(H3,23,24);1H3,(H,3,4). The lowest BCUT2D eigenvalue weighted by Gasteiger charge is -2.34. The van der Waals surface area contributed by atoms with Gasteiger partial charge in [-0.25, -0.2) is 8.42 Å². The third kappa shape index (κ3) is 6.38. The number of aliphatic carboxylic acids is 1. The molecule has 4 rings (SSSR count). The zero-order valence-corrected chi connectivity index (χ0v) is 19.3. The van der Waals surface area contributed by atoms with E-state index in [0.717, 1.165) is 29.8 Å². The minimum atomic E-state index is -3.50. The fourth-order valence-electron chi connectivity index (χ4n) is 3.65. The zero-order chi connectivity index (χ0) is 24.0. The van der Waals surface area contributed by atoms with E-state index in [1.165, 1.54) is 0 Å². The van der Waals surface area contributed by atoms with Crippen molar-refractivity contribution in [1.29, 1.82) is 5.41 Å². The lowest BCUT2D eigenvalue weighted by Crippen LogP contribution is -2.48. The number of benzene rings is 3. The monoisotopic (exact) mass is 468 g/mol. The summed E-state index contributed by atoms with van der Waals surface area (Å²) < 4.78 is 27.7. The predicted octanol–water partition coefficient (Wildman–Crippen LogP) is 2.72. The maximum absolute atomic E-state index is 13.1. The third-order valence-electron chi connectivity index (χ3n) is 5.36. The van der Waals surface area contributed by atoms with Gasteiger partial charge in [0.05, 0.1) is 4.90 Å². The highest BCUT2D eigenvalue weighted by Gasteiger charge is 2.28. The molecule has 0 aliphatic carbocycles. The van der Waals surface area contributed by atoms with Crippen LogP contribution in [0, 0.1) is 5.41 Å². The Bertz CT molecular complexity index is 1230. The van der Waals surface area contributed by atoms with Gasteiger partial charge < -0.3 is 10.8 Å². The Kier molecular flexibility index (Phi) is 7.80. The van der Waals surface area contributed by atoms with Crippen molar-refractivity contribution in [2.24, 2.45) is 5.73 Å². The van der Waals surface area contributed by atoms with Crippen LogP contribution >= 0.6 is 0 Å². The van der Waals surface area contributed by atoms with Crippen molar-refractivity contribution in [3.05, 3.63) is 77.9 Å². The molecule has 1 aliphatic heterocycles. The number of nitrogens with zero attached hydrogens (tertiary/aromatic N) is 2. The molecule has 4 N–H and O–H groups in total. The molecule has 0 spiro atoms. The van der Waals surface area contributed by atoms with E-state index in [1.54, 1.807) is 16.4 Å². The van der Waals surface area contributed by atoms with Gasteiger partial charge in [0, 0.05) is 45.2 Å². The highest BCUT2D eigenvalue weighted by molar-refractivity contribution is 7.89. The van der Waals surface area contributed by atoms with Crippen LogP contribution in [0.3, 0.4) is 0 Å². The molecule has 3 aromatic rings. The molecule has 0 aromatic heterocycles. The Morgan fingerprint density at radius 3 is 2.12 bits per heavy atom. The molecule has 3 aromatic carbocycles. The molecule has 9 heteroatoms. The number of hydrogen-bond donors (Lipinski definition) is 3. The first-order valence-electron chi connectivity index (χ1n) is 10.5. The SMILES string of the molecule is CC(=O)O.N=C(N)c1ccc(CN2CCN(S(=O)(=O)c3ccc4ccccc4c3)CC2)cc1. The van der Waals surface area contributed by atoms with E-state index in [1.807, 2.05) is 54.6 Å². The number of piperazine rings is 1. The van der Waals surface area contributed by atoms with Crippen LogP contribution in [0.5, 0.6) is 0 Å². The number of rotatable bonds is 5. The first-order chi connectivity index (χ1) is 15.7. The van der Waals surface area contributed by atoms with Crippen LogP contribution in [0.25, 0.3) is 10.8 Å². The summed E-state index contributed by atoms with van der Waals surface area (Å²) in [6.07, 6.45) is 0. The second-order valence-corrected chi connectivity index (χ2v) is 9.76. The van der Waals surface area contributed by atoms with E-state index in [-0.39, 0.29) is 5.84 Å². The summed E-state index contributed by atoms with van der Waals surface area (Å²) in [7, 11) is -3.50. The molecule has 0 unspecified atom stereocenters. The van der Waals surface area contributed by atoms with Crippen molar-refractivity contribution in [2.45, 2.75) is 18.4 Å². The molecule has 1 aliphatic rings. The lowest BCUT2D eigenvalue weighted by atomic mass is 10.1. The van der Waals surface area contributed by atoms with Crippen LogP contribution < -0.4 is 5.73 Å². The zero-order valence-electron chi connectivity index (χ0n) is 18.4. The van der Waals surface area contributed by atoms with Crippen molar-refractivity contribution in [1.82, 2.24) is 9.21 Å². The van der Waals surface area contributed by atoms with E-state index < -0.39 is 16.0 Å². The molecule has 1 heterocycles. The summed E-state index contributed by atoms with van der Waals surface area (Å²) in [6.45, 7) is 4.14. The second kappa shape index (κ2) is 10.6. The number of amidine groups is 1. The van der Waals surface area contributed by atoms with Crippen LogP contribution in [-0.4, -0.2) is 60.7 Å². The number of nitrogens with one attached hydrogen (secondary N) is 1. The Labute approximate surface area is 193 Å². The van der Waals surface area contributed by atoms with Gasteiger partial charge in [-0.15, -0.1) is 0 Å². The van der Waals surface area contributed by atoms with Gasteiger partial charge in [0.25, 0.3) is 5.97 Å². The molecule has 0 atom stereocenters. The minimum absolute atomic E-state index is 0.0593. The van der Waals surface area contributed by atoms with Crippen molar-refractivity contribution in [2.75, 3.05) is 26.2 Å². The van der Waals surface area contributed by atoms with E-state index in [9.17, 15) is 8.42 Å². The van der Waals surface area contributed by atoms with Gasteiger partial charge in [-0.1, -0.05) is 54.6 Å². The summed E-state index contributed by atoms with van der Waals surface area (Å²) >= 11 is 0. The average molecular weight is 469 g/mol. The van der Waals surface area contributed by atoms with E-state index >= 15 is 0 Å². The van der Waals surface area contributed by atoms with Gasteiger partial charge in [-0.2, -0.15) is 4.31 Å². The quantitative estimate of drug-likeness (QED) is 0.390. The van der Waals surface area contributed by atoms with E-state index in [0.29, 0.717) is 36.6 Å². The predicted molar refractivity (Wildman–Crippen MR) is 129 cm³/mol. The molecule has 0 amide bonds. The number of sulfonamides is 1. The fraction of sp³-hybridized carbons (Fsp3) is 0.250. The first kappa shape index (κ1) is 24.4. The minimum Gasteiger partial charge on any atom is -0.481 e. The summed E-state index contributed by atoms with van der Waals surface area (Å²) in [5.74, 6) is -0.774. The van der Waals surface area contributed by atoms with Crippen LogP contribution in [-0.2, 0) is 21.4 Å². The molecule has 1 fully saturated rings. The van der Waals surface area contributed by atoms with Gasteiger partial charge in [0.2, 0.25) is 10.0 Å². The smallest absolute Gasteiger partial charge is 0.300 e. The molecule has 174 valence electrons. The van der Waals surface area contributed by atoms with Gasteiger partial charge in [-0.05, 0) is 28.5 Å². The van der Waals surface area contributed by atoms with Crippen LogP contribution in [0.1, 0.15) is 18.1 Å². The Morgan fingerprint density at radius 2 is 1.55 bits per heavy atom. The number of carbonyl (C=O) groups is 1. The van der Waals surface area contributed by atoms with Crippen molar-refractivity contribution in [3.63, 3.8) is 0 Å². The molecular weight excluding hydrogens is 440 g/mol. The Morgan fingerprint density at radius 1 is 0.970 bits per heavy atom. The van der Waals surface area contributed by atoms with Gasteiger partial charge in [-0.3, -0.25) is 15.1 Å². The highest BCUT2D eigenvalue weighted by Crippen LogP contribution is 2.23. The van der Waals surface area contributed by atoms with Crippen molar-refractivity contribution < 1.29 is 18.3 Å². The summed E-state index contributed by atoms with van der Waals surface area (Å²) in [4.78, 5) is 11.6. The normalized spacial score (nSPS) is 14.9.